The summed E-state index contributed by atoms with van der Waals surface area (Å²) in [6, 6.07) is 7.31. The number of ether oxygens (including phenoxy) is 2. The van der Waals surface area contributed by atoms with E-state index in [9.17, 15) is 4.79 Å². The van der Waals surface area contributed by atoms with Gasteiger partial charge in [0.05, 0.1) is 6.61 Å². The summed E-state index contributed by atoms with van der Waals surface area (Å²) in [4.78, 5) is 29.7. The SMILES string of the molecule is COCC(C)NC(=O)COc1ccc(Br)cc1.O=C(O)C(=O)O. The van der Waals surface area contributed by atoms with E-state index in [0.29, 0.717) is 12.4 Å². The molecule has 0 radical (unpaired) electrons. The molecule has 8 nitrogen and oxygen atoms in total. The molecule has 0 saturated heterocycles. The fourth-order valence-corrected chi connectivity index (χ4v) is 1.55. The second-order valence-electron chi connectivity index (χ2n) is 4.28. The van der Waals surface area contributed by atoms with Gasteiger partial charge in [-0.2, -0.15) is 0 Å². The van der Waals surface area contributed by atoms with Crippen molar-refractivity contribution in [3.8, 4) is 5.75 Å². The first-order valence-electron chi connectivity index (χ1n) is 6.39. The Morgan fingerprint density at radius 2 is 1.70 bits per heavy atom. The van der Waals surface area contributed by atoms with Crippen LogP contribution in [0.4, 0.5) is 0 Å². The van der Waals surface area contributed by atoms with E-state index in [1.165, 1.54) is 0 Å². The largest absolute Gasteiger partial charge is 0.484 e. The molecule has 0 spiro atoms. The van der Waals surface area contributed by atoms with Gasteiger partial charge >= 0.3 is 11.9 Å². The summed E-state index contributed by atoms with van der Waals surface area (Å²) >= 11 is 3.33. The van der Waals surface area contributed by atoms with E-state index in [4.69, 9.17) is 29.3 Å². The molecule has 0 aromatic heterocycles. The zero-order chi connectivity index (χ0) is 17.8. The van der Waals surface area contributed by atoms with Crippen LogP contribution in [0.2, 0.25) is 0 Å². The van der Waals surface area contributed by atoms with Crippen LogP contribution in [0.3, 0.4) is 0 Å². The van der Waals surface area contributed by atoms with E-state index < -0.39 is 11.9 Å². The molecule has 23 heavy (non-hydrogen) atoms. The van der Waals surface area contributed by atoms with E-state index in [-0.39, 0.29) is 18.6 Å². The summed E-state index contributed by atoms with van der Waals surface area (Å²) in [7, 11) is 1.60. The van der Waals surface area contributed by atoms with Gasteiger partial charge in [-0.1, -0.05) is 15.9 Å². The summed E-state index contributed by atoms with van der Waals surface area (Å²) in [5, 5.41) is 17.5. The van der Waals surface area contributed by atoms with E-state index in [1.807, 2.05) is 19.1 Å². The molecule has 0 aliphatic carbocycles. The molecule has 9 heteroatoms. The molecule has 1 amide bonds. The van der Waals surface area contributed by atoms with Crippen molar-refractivity contribution in [3.05, 3.63) is 28.7 Å². The molecule has 0 bridgehead atoms. The zero-order valence-electron chi connectivity index (χ0n) is 12.6. The van der Waals surface area contributed by atoms with Crippen molar-refractivity contribution in [1.82, 2.24) is 5.32 Å². The molecule has 128 valence electrons. The number of aliphatic carboxylic acids is 2. The molecule has 1 aromatic carbocycles. The molecule has 1 unspecified atom stereocenters. The van der Waals surface area contributed by atoms with Gasteiger partial charge in [-0.05, 0) is 31.2 Å². The quantitative estimate of drug-likeness (QED) is 0.621. The Morgan fingerprint density at radius 1 is 1.17 bits per heavy atom. The maximum absolute atomic E-state index is 11.5. The van der Waals surface area contributed by atoms with Gasteiger partial charge in [-0.15, -0.1) is 0 Å². The number of halogens is 1. The zero-order valence-corrected chi connectivity index (χ0v) is 14.2. The van der Waals surface area contributed by atoms with Gasteiger partial charge in [-0.3, -0.25) is 4.79 Å². The van der Waals surface area contributed by atoms with Crippen molar-refractivity contribution < 1.29 is 34.1 Å². The van der Waals surface area contributed by atoms with Gasteiger partial charge in [-0.25, -0.2) is 9.59 Å². The minimum Gasteiger partial charge on any atom is -0.484 e. The highest BCUT2D eigenvalue weighted by Gasteiger charge is 2.07. The van der Waals surface area contributed by atoms with Crippen molar-refractivity contribution in [2.24, 2.45) is 0 Å². The summed E-state index contributed by atoms with van der Waals surface area (Å²) in [5.41, 5.74) is 0. The number of carbonyl (C=O) groups excluding carboxylic acids is 1. The first-order valence-corrected chi connectivity index (χ1v) is 7.18. The van der Waals surface area contributed by atoms with Crippen LogP contribution in [-0.4, -0.2) is 54.4 Å². The molecule has 0 fully saturated rings. The Bertz CT molecular complexity index is 506. The topological polar surface area (TPSA) is 122 Å². The van der Waals surface area contributed by atoms with Gasteiger partial charge in [0.15, 0.2) is 6.61 Å². The fraction of sp³-hybridized carbons (Fsp3) is 0.357. The average molecular weight is 392 g/mol. The lowest BCUT2D eigenvalue weighted by molar-refractivity contribution is -0.159. The maximum atomic E-state index is 11.5. The third-order valence-corrected chi connectivity index (χ3v) is 2.72. The van der Waals surface area contributed by atoms with E-state index >= 15 is 0 Å². The number of amides is 1. The monoisotopic (exact) mass is 391 g/mol. The summed E-state index contributed by atoms with van der Waals surface area (Å²) in [6.45, 7) is 2.38. The van der Waals surface area contributed by atoms with Crippen LogP contribution in [-0.2, 0) is 19.1 Å². The Balaban J connectivity index is 0.000000688. The van der Waals surface area contributed by atoms with Gasteiger partial charge in [0.2, 0.25) is 0 Å². The van der Waals surface area contributed by atoms with Gasteiger partial charge in [0, 0.05) is 17.6 Å². The van der Waals surface area contributed by atoms with Crippen LogP contribution in [0.1, 0.15) is 6.92 Å². The number of methoxy groups -OCH3 is 1. The average Bonchev–Trinajstić information content (AvgIpc) is 2.47. The molecule has 0 heterocycles. The number of carboxylic acid groups (broad SMARTS) is 2. The van der Waals surface area contributed by atoms with Gasteiger partial charge < -0.3 is 25.0 Å². The second kappa shape index (κ2) is 11.4. The molecule has 1 rings (SSSR count). The van der Waals surface area contributed by atoms with Gasteiger partial charge in [0.25, 0.3) is 5.91 Å². The summed E-state index contributed by atoms with van der Waals surface area (Å²) < 4.78 is 11.2. The number of nitrogens with one attached hydrogen (secondary N) is 1. The Morgan fingerprint density at radius 3 is 2.13 bits per heavy atom. The number of benzene rings is 1. The van der Waals surface area contributed by atoms with Crippen molar-refractivity contribution in [1.29, 1.82) is 0 Å². The number of rotatable bonds is 6. The Labute approximate surface area is 141 Å². The van der Waals surface area contributed by atoms with Crippen molar-refractivity contribution in [3.63, 3.8) is 0 Å². The van der Waals surface area contributed by atoms with Crippen molar-refractivity contribution >= 4 is 33.8 Å². The van der Waals surface area contributed by atoms with Crippen LogP contribution >= 0.6 is 15.9 Å². The normalized spacial score (nSPS) is 10.7. The van der Waals surface area contributed by atoms with E-state index in [1.54, 1.807) is 19.2 Å². The Hall–Kier alpha value is -2.13. The third kappa shape index (κ3) is 11.1. The first-order chi connectivity index (χ1) is 10.8. The highest BCUT2D eigenvalue weighted by molar-refractivity contribution is 9.10. The highest BCUT2D eigenvalue weighted by Crippen LogP contribution is 2.15. The summed E-state index contributed by atoms with van der Waals surface area (Å²) in [5.74, 6) is -3.13. The van der Waals surface area contributed by atoms with Crippen LogP contribution in [0, 0.1) is 0 Å². The number of carbonyl (C=O) groups is 3. The molecule has 0 aliphatic rings. The standard InChI is InChI=1S/C12H16BrNO3.C2H2O4/c1-9(7-16-2)14-12(15)8-17-11-5-3-10(13)4-6-11;3-1(4)2(5)6/h3-6,9H,7-8H2,1-2H3,(H,14,15);(H,3,4)(H,5,6). The van der Waals surface area contributed by atoms with Crippen LogP contribution in [0.25, 0.3) is 0 Å². The lowest BCUT2D eigenvalue weighted by Crippen LogP contribution is -2.38. The lowest BCUT2D eigenvalue weighted by Gasteiger charge is -2.13. The van der Waals surface area contributed by atoms with E-state index in [2.05, 4.69) is 21.2 Å². The smallest absolute Gasteiger partial charge is 0.414 e. The molecule has 1 atom stereocenters. The number of hydrogen-bond acceptors (Lipinski definition) is 5. The molecule has 1 aromatic rings. The van der Waals surface area contributed by atoms with Crippen LogP contribution < -0.4 is 10.1 Å². The van der Waals surface area contributed by atoms with E-state index in [0.717, 1.165) is 4.47 Å². The van der Waals surface area contributed by atoms with Crippen LogP contribution in [0.5, 0.6) is 5.75 Å². The lowest BCUT2D eigenvalue weighted by atomic mass is 10.3. The van der Waals surface area contributed by atoms with Crippen molar-refractivity contribution in [2.45, 2.75) is 13.0 Å². The number of carboxylic acids is 2. The van der Waals surface area contributed by atoms with Gasteiger partial charge in [0.1, 0.15) is 5.75 Å². The molecule has 3 N–H and O–H groups in total. The number of hydrogen-bond donors (Lipinski definition) is 3. The second-order valence-corrected chi connectivity index (χ2v) is 5.19. The molecule has 0 aliphatic heterocycles. The first kappa shape index (κ1) is 20.9. The predicted octanol–water partition coefficient (Wildman–Crippen LogP) is 1.13. The maximum Gasteiger partial charge on any atom is 0.414 e. The Kier molecular flexibility index (Phi) is 10.4. The highest BCUT2D eigenvalue weighted by atomic mass is 79.9. The summed E-state index contributed by atoms with van der Waals surface area (Å²) in [6.07, 6.45) is 0. The van der Waals surface area contributed by atoms with Crippen LogP contribution in [0.15, 0.2) is 28.7 Å². The van der Waals surface area contributed by atoms with Crippen molar-refractivity contribution in [2.75, 3.05) is 20.3 Å². The molecular formula is C14H18BrNO7. The minimum atomic E-state index is -1.82. The molecule has 0 saturated carbocycles. The fourth-order valence-electron chi connectivity index (χ4n) is 1.29. The predicted molar refractivity (Wildman–Crippen MR) is 84.4 cm³/mol. The minimum absolute atomic E-state index is 0.00961. The molecular weight excluding hydrogens is 374 g/mol. The third-order valence-electron chi connectivity index (χ3n) is 2.19.